The van der Waals surface area contributed by atoms with Gasteiger partial charge in [-0.05, 0) is 48.6 Å². The molecule has 0 atom stereocenters. The van der Waals surface area contributed by atoms with Gasteiger partial charge in [-0.2, -0.15) is 0 Å². The van der Waals surface area contributed by atoms with Crippen LogP contribution in [0.5, 0.6) is 0 Å². The molecule has 16 nitrogen and oxygen atoms in total. The van der Waals surface area contributed by atoms with Crippen molar-refractivity contribution in [1.29, 1.82) is 0 Å². The predicted molar refractivity (Wildman–Crippen MR) is 229 cm³/mol. The number of carbonyl (C=O) groups is 8. The molecule has 0 amide bonds. The third-order valence-electron chi connectivity index (χ3n) is 4.90. The van der Waals surface area contributed by atoms with E-state index in [9.17, 15) is 79.2 Å². The third-order valence-corrected chi connectivity index (χ3v) is 11.0. The molecule has 0 spiro atoms. The van der Waals surface area contributed by atoms with Crippen LogP contribution in [0, 0.1) is 0 Å². The topological polar surface area (TPSA) is 321 Å². The maximum Gasteiger partial charge on any atom is -0.813 e. The summed E-state index contributed by atoms with van der Waals surface area (Å²) >= 11 is 5.09. The van der Waals surface area contributed by atoms with Gasteiger partial charge in [0.1, 0.15) is 0 Å². The van der Waals surface area contributed by atoms with E-state index in [1.165, 1.54) is 85.9 Å². The molecule has 0 saturated heterocycles. The van der Waals surface area contributed by atoms with Crippen molar-refractivity contribution in [3.63, 3.8) is 0 Å². The van der Waals surface area contributed by atoms with Gasteiger partial charge in [-0.3, -0.25) is 0 Å². The van der Waals surface area contributed by atoms with Crippen LogP contribution in [-0.4, -0.2) is 136 Å². The zero-order chi connectivity index (χ0) is 46.3. The van der Waals surface area contributed by atoms with Crippen LogP contribution in [0.3, 0.4) is 0 Å². The molecule has 0 N–H and O–H groups in total. The predicted octanol–water partition coefficient (Wildman–Crippen LogP) is -5.00. The van der Waals surface area contributed by atoms with Crippen LogP contribution in [0.1, 0.15) is 105 Å². The molecule has 0 aromatic heterocycles. The van der Waals surface area contributed by atoms with Gasteiger partial charge >= 0.3 is 216 Å². The molecule has 0 aliphatic carbocycles. The standard InChI is InChI=1S/C8H17.4C4H4O4.3C4H9.CH3.3H2S.4Sn/c1-3-5-7-8-6-4-2;4*5-3(6)1-2-4(7)8;3*1-3-4-2;;;;;;;;/h1,3-8H2,2H3;4*1-2H,(H,5,6)(H,7,8);3*1,3-4H2,2H3;1H3;3*1H2;;;;/q;;;;;;;;;;;;+2;3*+3/p-11/b;4*2-1-;;;;;;;;;;;. The molecule has 0 aliphatic rings. The van der Waals surface area contributed by atoms with Crippen LogP contribution in [0.2, 0.25) is 22.7 Å². The third kappa shape index (κ3) is 164. The molecule has 0 aliphatic heterocycles. The van der Waals surface area contributed by atoms with E-state index in [4.69, 9.17) is 0 Å². The molecule has 0 saturated carbocycles. The fourth-order valence-electron chi connectivity index (χ4n) is 2.35. The van der Waals surface area contributed by atoms with E-state index in [1.54, 1.807) is 76.4 Å². The molecular formula is C37H58O16S3Sn4. The molecule has 0 heterocycles. The Kier molecular flexibility index (Phi) is 117. The maximum atomic E-state index is 9.41. The van der Waals surface area contributed by atoms with Crippen LogP contribution >= 0.6 is 0 Å². The number of carboxylic acid groups (broad SMARTS) is 8. The average Bonchev–Trinajstić information content (AvgIpc) is 3.14. The molecular weight excluding hydrogens is 1270 g/mol. The molecule has 60 heavy (non-hydrogen) atoms. The Morgan fingerprint density at radius 2 is 0.533 bits per heavy atom. The minimum atomic E-state index is -1.55. The first-order valence-electron chi connectivity index (χ1n) is 17.7. The van der Waals surface area contributed by atoms with Crippen molar-refractivity contribution in [3.05, 3.63) is 48.6 Å². The molecule has 0 bridgehead atoms. The van der Waals surface area contributed by atoms with Gasteiger partial charge < -0.3 is 120 Å². The Bertz CT molecular complexity index is 899. The molecule has 0 rings (SSSR count). The number of hydrogen-bond donors (Lipinski definition) is 0. The van der Waals surface area contributed by atoms with Crippen molar-refractivity contribution in [2.75, 3.05) is 0 Å². The van der Waals surface area contributed by atoms with E-state index < -0.39 is 47.8 Å². The summed E-state index contributed by atoms with van der Waals surface area (Å²) in [5, 5.41) is 75.3. The van der Waals surface area contributed by atoms with Crippen molar-refractivity contribution < 1.29 is 79.2 Å². The van der Waals surface area contributed by atoms with Crippen LogP contribution in [0.4, 0.5) is 0 Å². The summed E-state index contributed by atoms with van der Waals surface area (Å²) in [7, 11) is 0. The summed E-state index contributed by atoms with van der Waals surface area (Å²) < 4.78 is 6.14. The van der Waals surface area contributed by atoms with Crippen LogP contribution in [-0.2, 0) is 78.8 Å². The quantitative estimate of drug-likeness (QED) is 0.0322. The Hall–Kier alpha value is -1.04. The largest absolute Gasteiger partial charge is 0.813 e. The van der Waals surface area contributed by atoms with Crippen molar-refractivity contribution in [2.45, 2.75) is 127 Å². The second kappa shape index (κ2) is 81.8. The van der Waals surface area contributed by atoms with Crippen molar-refractivity contribution in [2.24, 2.45) is 0 Å². The van der Waals surface area contributed by atoms with Gasteiger partial charge in [0.15, 0.2) is 0 Å². The van der Waals surface area contributed by atoms with Crippen molar-refractivity contribution in [3.8, 4) is 0 Å². The number of unbranched alkanes of at least 4 members (excludes halogenated alkanes) is 8. The van der Waals surface area contributed by atoms with Gasteiger partial charge in [-0.15, -0.1) is 0 Å². The first-order valence-corrected chi connectivity index (χ1v) is 28.6. The molecule has 0 aromatic carbocycles. The molecule has 0 fully saturated rings. The summed E-state index contributed by atoms with van der Waals surface area (Å²) in [5.41, 5.74) is 0. The van der Waals surface area contributed by atoms with Gasteiger partial charge in [0.25, 0.3) is 0 Å². The Labute approximate surface area is 427 Å². The summed E-state index contributed by atoms with van der Waals surface area (Å²) in [4.78, 5) is 77.4. The normalized spacial score (nSPS) is 8.78. The van der Waals surface area contributed by atoms with Crippen molar-refractivity contribution in [1.82, 2.24) is 0 Å². The molecule has 0 radical (unpaired) electrons. The SMILES string of the molecule is CCCCCCC[CH2][Sn+3].CCC[CH2][Sn+2][CH2]CCC.CCC[CH2][Sn+3].O=C([O-])/C=C\C(=O)[O-].O=C([O-])/C=C\C(=O)[O-].O=C([O-])/C=C\C(=O)[O-].O=C([O-])/C=C\C(=O)[O-].[CH3][Sn+3].[SH-].[SH-].[SH-]. The molecule has 0 unspecified atom stereocenters. The Balaban J connectivity index is -0.0000000513. The zero-order valence-electron chi connectivity index (χ0n) is 34.8. The number of hydrogen-bond acceptors (Lipinski definition) is 19. The molecule has 336 valence electrons. The van der Waals surface area contributed by atoms with Gasteiger partial charge in [-0.25, -0.2) is 0 Å². The Morgan fingerprint density at radius 1 is 0.350 bits per heavy atom. The molecule has 23 heteroatoms. The minimum Gasteiger partial charge on any atom is -0.813 e. The van der Waals surface area contributed by atoms with Crippen LogP contribution < -0.4 is 40.9 Å². The summed E-state index contributed by atoms with van der Waals surface area (Å²) in [6.07, 6.45) is 20.4. The number of rotatable bonds is 22. The second-order valence-corrected chi connectivity index (χ2v) is 17.1. The van der Waals surface area contributed by atoms with E-state index in [0.29, 0.717) is 48.6 Å². The van der Waals surface area contributed by atoms with E-state index in [1.807, 2.05) is 0 Å². The summed E-state index contributed by atoms with van der Waals surface area (Å²) in [5.74, 6) is -12.4. The second-order valence-electron chi connectivity index (χ2n) is 9.96. The molecule has 0 aromatic rings. The van der Waals surface area contributed by atoms with Crippen molar-refractivity contribution >= 4 is 177 Å². The monoisotopic (exact) mass is 1330 g/mol. The summed E-state index contributed by atoms with van der Waals surface area (Å²) in [6, 6.07) is 0. The fraction of sp³-hybridized carbons (Fsp3) is 0.568. The smallest absolute Gasteiger partial charge is 0.813 e. The first kappa shape index (κ1) is 86.1. The van der Waals surface area contributed by atoms with E-state index in [0.717, 1.165) is 0 Å². The minimum absolute atomic E-state index is 0. The number of thiol groups is 3. The van der Waals surface area contributed by atoms with Gasteiger partial charge in [-0.1, -0.05) is 0 Å². The number of carbonyl (C=O) groups excluding carboxylic acids is 8. The van der Waals surface area contributed by atoms with E-state index in [2.05, 4.69) is 32.6 Å². The Morgan fingerprint density at radius 3 is 0.683 bits per heavy atom. The van der Waals surface area contributed by atoms with Gasteiger partial charge in [0.2, 0.25) is 0 Å². The maximum absolute atomic E-state index is 9.41. The van der Waals surface area contributed by atoms with Gasteiger partial charge in [0.05, 0.1) is 47.8 Å². The summed E-state index contributed by atoms with van der Waals surface area (Å²) in [6.45, 7) is 9.08. The number of aliphatic carboxylic acids is 8. The van der Waals surface area contributed by atoms with Crippen LogP contribution in [0.25, 0.3) is 0 Å². The van der Waals surface area contributed by atoms with E-state index >= 15 is 0 Å². The fourth-order valence-corrected chi connectivity index (χ4v) is 8.24. The number of carboxylic acids is 8. The van der Waals surface area contributed by atoms with Crippen LogP contribution in [0.15, 0.2) is 48.6 Å². The first-order chi connectivity index (χ1) is 26.7. The zero-order valence-corrected chi connectivity index (χ0v) is 48.9. The van der Waals surface area contributed by atoms with Gasteiger partial charge in [0, 0.05) is 0 Å². The van der Waals surface area contributed by atoms with E-state index in [-0.39, 0.29) is 61.6 Å². The average molecular weight is 1330 g/mol.